The molecule has 4 rings (SSSR count). The summed E-state index contributed by atoms with van der Waals surface area (Å²) in [7, 11) is 0. The van der Waals surface area contributed by atoms with E-state index in [1.807, 2.05) is 54.6 Å². The van der Waals surface area contributed by atoms with Gasteiger partial charge in [0.05, 0.1) is 0 Å². The van der Waals surface area contributed by atoms with Crippen LogP contribution in [0.4, 0.5) is 5.95 Å². The van der Waals surface area contributed by atoms with Gasteiger partial charge in [0.25, 0.3) is 0 Å². The number of carbonyl (C=O) groups excluding carboxylic acids is 1. The minimum atomic E-state index is 0.0614. The molecule has 0 unspecified atom stereocenters. The van der Waals surface area contributed by atoms with Gasteiger partial charge in [-0.2, -0.15) is 0 Å². The van der Waals surface area contributed by atoms with Gasteiger partial charge in [-0.25, -0.2) is 9.97 Å². The maximum atomic E-state index is 12.9. The first-order valence-electron chi connectivity index (χ1n) is 9.13. The minimum Gasteiger partial charge on any atom is -0.341 e. The summed E-state index contributed by atoms with van der Waals surface area (Å²) in [6, 6.07) is 17.4. The number of hydrogen-bond acceptors (Lipinski definition) is 4. The lowest BCUT2D eigenvalue weighted by Gasteiger charge is -2.31. The van der Waals surface area contributed by atoms with Crippen LogP contribution in [-0.2, 0) is 0 Å². The number of aromatic nitrogens is 2. The fraction of sp³-hybridized carbons (Fsp3) is 0.227. The van der Waals surface area contributed by atoms with E-state index in [9.17, 15) is 4.79 Å². The summed E-state index contributed by atoms with van der Waals surface area (Å²) in [6.45, 7) is 1.62. The Balaban J connectivity index is 1.41. The summed E-state index contributed by atoms with van der Waals surface area (Å²) in [5.41, 5.74) is 2.95. The van der Waals surface area contributed by atoms with Crippen LogP contribution in [0.3, 0.4) is 0 Å². The summed E-state index contributed by atoms with van der Waals surface area (Å²) in [6.07, 6.45) is 5.16. The highest BCUT2D eigenvalue weighted by Crippen LogP contribution is 2.26. The molecule has 0 amide bonds. The number of nitrogens with zero attached hydrogens (tertiary/aromatic N) is 3. The van der Waals surface area contributed by atoms with E-state index in [1.165, 1.54) is 0 Å². The molecule has 2 aromatic carbocycles. The van der Waals surface area contributed by atoms with Crippen molar-refractivity contribution in [2.75, 3.05) is 18.0 Å². The Morgan fingerprint density at radius 3 is 2.04 bits per heavy atom. The molecule has 3 aromatic rings. The lowest BCUT2D eigenvalue weighted by Crippen LogP contribution is -2.37. The standard InChI is InChI=1S/C22H20ClN3O/c23-20-8-6-17(7-9-20)16-2-4-18(5-3-16)21(27)19-10-14-26(15-11-19)22-24-12-1-13-25-22/h1-9,12-13,19H,10-11,14-15H2. The van der Waals surface area contributed by atoms with E-state index in [1.54, 1.807) is 12.4 Å². The number of Topliss-reactive ketones (excluding diaryl/α,β-unsaturated/α-hetero) is 1. The van der Waals surface area contributed by atoms with Crippen molar-refractivity contribution < 1.29 is 4.79 Å². The van der Waals surface area contributed by atoms with Gasteiger partial charge in [-0.15, -0.1) is 0 Å². The topological polar surface area (TPSA) is 46.1 Å². The number of ketones is 1. The smallest absolute Gasteiger partial charge is 0.225 e. The molecular weight excluding hydrogens is 358 g/mol. The molecule has 0 bridgehead atoms. The fourth-order valence-electron chi connectivity index (χ4n) is 3.50. The third-order valence-corrected chi connectivity index (χ3v) is 5.30. The van der Waals surface area contributed by atoms with Crippen LogP contribution in [-0.4, -0.2) is 28.8 Å². The molecule has 1 aromatic heterocycles. The molecule has 0 N–H and O–H groups in total. The third kappa shape index (κ3) is 4.01. The molecule has 0 radical (unpaired) electrons. The number of piperidine rings is 1. The van der Waals surface area contributed by atoms with E-state index in [-0.39, 0.29) is 11.7 Å². The summed E-state index contributed by atoms with van der Waals surface area (Å²) < 4.78 is 0. The molecule has 1 aliphatic rings. The molecule has 4 nitrogen and oxygen atoms in total. The SMILES string of the molecule is O=C(c1ccc(-c2ccc(Cl)cc2)cc1)C1CCN(c2ncccn2)CC1. The highest BCUT2D eigenvalue weighted by atomic mass is 35.5. The quantitative estimate of drug-likeness (QED) is 0.607. The van der Waals surface area contributed by atoms with Crippen molar-refractivity contribution in [1.29, 1.82) is 0 Å². The fourth-order valence-corrected chi connectivity index (χ4v) is 3.63. The van der Waals surface area contributed by atoms with E-state index in [0.29, 0.717) is 0 Å². The summed E-state index contributed by atoms with van der Waals surface area (Å²) in [4.78, 5) is 23.6. The van der Waals surface area contributed by atoms with Gasteiger partial charge in [-0.05, 0) is 42.2 Å². The monoisotopic (exact) mass is 377 g/mol. The molecule has 27 heavy (non-hydrogen) atoms. The largest absolute Gasteiger partial charge is 0.341 e. The molecule has 0 aliphatic carbocycles. The van der Waals surface area contributed by atoms with Gasteiger partial charge in [0.2, 0.25) is 5.95 Å². The summed E-state index contributed by atoms with van der Waals surface area (Å²) in [5, 5.41) is 0.720. The Morgan fingerprint density at radius 2 is 1.44 bits per heavy atom. The summed E-state index contributed by atoms with van der Waals surface area (Å²) in [5.74, 6) is 1.04. The maximum Gasteiger partial charge on any atom is 0.225 e. The van der Waals surface area contributed by atoms with Gasteiger partial charge >= 0.3 is 0 Å². The first-order valence-corrected chi connectivity index (χ1v) is 9.51. The van der Waals surface area contributed by atoms with E-state index in [2.05, 4.69) is 14.9 Å². The van der Waals surface area contributed by atoms with Crippen LogP contribution in [0.25, 0.3) is 11.1 Å². The van der Waals surface area contributed by atoms with Gasteiger partial charge < -0.3 is 4.90 Å². The lowest BCUT2D eigenvalue weighted by atomic mass is 9.88. The Hall–Kier alpha value is -2.72. The molecule has 136 valence electrons. The van der Waals surface area contributed by atoms with Crippen molar-refractivity contribution in [1.82, 2.24) is 9.97 Å². The lowest BCUT2D eigenvalue weighted by molar-refractivity contribution is 0.0900. The number of hydrogen-bond donors (Lipinski definition) is 0. The van der Waals surface area contributed by atoms with Crippen LogP contribution < -0.4 is 4.90 Å². The zero-order valence-electron chi connectivity index (χ0n) is 14.9. The van der Waals surface area contributed by atoms with E-state index in [0.717, 1.165) is 53.6 Å². The molecule has 1 fully saturated rings. The predicted octanol–water partition coefficient (Wildman–Crippen LogP) is 4.90. The first kappa shape index (κ1) is 17.7. The normalized spacial score (nSPS) is 14.9. The molecule has 0 spiro atoms. The van der Waals surface area contributed by atoms with Gasteiger partial charge in [0, 0.05) is 42.0 Å². The van der Waals surface area contributed by atoms with Crippen LogP contribution in [0.2, 0.25) is 5.02 Å². The second kappa shape index (κ2) is 7.89. The Morgan fingerprint density at radius 1 is 0.889 bits per heavy atom. The molecular formula is C22H20ClN3O. The Bertz CT molecular complexity index is 903. The van der Waals surface area contributed by atoms with Crippen molar-refractivity contribution in [2.45, 2.75) is 12.8 Å². The van der Waals surface area contributed by atoms with E-state index < -0.39 is 0 Å². The Kier molecular flexibility index (Phi) is 5.16. The molecule has 1 aliphatic heterocycles. The second-order valence-electron chi connectivity index (χ2n) is 6.76. The van der Waals surface area contributed by atoms with Gasteiger partial charge in [-0.1, -0.05) is 48.0 Å². The van der Waals surface area contributed by atoms with Gasteiger partial charge in [-0.3, -0.25) is 4.79 Å². The number of benzene rings is 2. The van der Waals surface area contributed by atoms with E-state index >= 15 is 0 Å². The average Bonchev–Trinajstić information content (AvgIpc) is 2.75. The van der Waals surface area contributed by atoms with Crippen molar-refractivity contribution in [2.24, 2.45) is 5.92 Å². The minimum absolute atomic E-state index is 0.0614. The van der Waals surface area contributed by atoms with Gasteiger partial charge in [0.1, 0.15) is 0 Å². The maximum absolute atomic E-state index is 12.9. The molecule has 5 heteroatoms. The number of rotatable bonds is 4. The van der Waals surface area contributed by atoms with Crippen molar-refractivity contribution in [3.8, 4) is 11.1 Å². The average molecular weight is 378 g/mol. The van der Waals surface area contributed by atoms with Crippen molar-refractivity contribution in [3.63, 3.8) is 0 Å². The number of carbonyl (C=O) groups is 1. The van der Waals surface area contributed by atoms with Crippen LogP contribution >= 0.6 is 11.6 Å². The van der Waals surface area contributed by atoms with Gasteiger partial charge in [0.15, 0.2) is 5.78 Å². The predicted molar refractivity (Wildman–Crippen MR) is 108 cm³/mol. The number of halogens is 1. The summed E-state index contributed by atoms with van der Waals surface area (Å²) >= 11 is 5.95. The highest BCUT2D eigenvalue weighted by Gasteiger charge is 2.26. The van der Waals surface area contributed by atoms with Crippen molar-refractivity contribution >= 4 is 23.3 Å². The van der Waals surface area contributed by atoms with Crippen LogP contribution in [0, 0.1) is 5.92 Å². The zero-order chi connectivity index (χ0) is 18.6. The van der Waals surface area contributed by atoms with Crippen molar-refractivity contribution in [3.05, 3.63) is 77.6 Å². The molecule has 0 saturated carbocycles. The third-order valence-electron chi connectivity index (χ3n) is 5.05. The zero-order valence-corrected chi connectivity index (χ0v) is 15.6. The first-order chi connectivity index (χ1) is 13.2. The van der Waals surface area contributed by atoms with Crippen LogP contribution in [0.1, 0.15) is 23.2 Å². The molecule has 0 atom stereocenters. The van der Waals surface area contributed by atoms with E-state index in [4.69, 9.17) is 11.6 Å². The second-order valence-corrected chi connectivity index (χ2v) is 7.20. The van der Waals surface area contributed by atoms with Crippen LogP contribution in [0.15, 0.2) is 67.0 Å². The molecule has 1 saturated heterocycles. The van der Waals surface area contributed by atoms with Crippen LogP contribution in [0.5, 0.6) is 0 Å². The highest BCUT2D eigenvalue weighted by molar-refractivity contribution is 6.30. The number of anilines is 1. The Labute approximate surface area is 163 Å². The molecule has 2 heterocycles.